The van der Waals surface area contributed by atoms with Gasteiger partial charge in [-0.3, -0.25) is 4.79 Å². The summed E-state index contributed by atoms with van der Waals surface area (Å²) in [5.41, 5.74) is 0.387. The molecule has 2 rings (SSSR count). The number of hydrogen-bond acceptors (Lipinski definition) is 6. The Morgan fingerprint density at radius 2 is 1.91 bits per heavy atom. The fraction of sp³-hybridized carbons (Fsp3) is 0.357. The lowest BCUT2D eigenvalue weighted by Gasteiger charge is -2.12. The maximum Gasteiger partial charge on any atom is 0.313 e. The van der Waals surface area contributed by atoms with Gasteiger partial charge in [0.15, 0.2) is 0 Å². The average molecular weight is 326 g/mol. The molecule has 2 aromatic rings. The Balaban J connectivity index is 2.26. The van der Waals surface area contributed by atoms with E-state index in [4.69, 9.17) is 25.5 Å². The molecule has 7 nitrogen and oxygen atoms in total. The van der Waals surface area contributed by atoms with E-state index in [1.54, 1.807) is 12.1 Å². The summed E-state index contributed by atoms with van der Waals surface area (Å²) in [5, 5.41) is 10.5. The number of nitrogens with zero attached hydrogens (tertiary/aromatic N) is 2. The zero-order valence-electron chi connectivity index (χ0n) is 12.6. The van der Waals surface area contributed by atoms with Crippen LogP contribution in [0.15, 0.2) is 16.5 Å². The molecule has 1 N–H and O–H groups in total. The second-order valence-corrected chi connectivity index (χ2v) is 5.15. The van der Waals surface area contributed by atoms with Gasteiger partial charge in [-0.05, 0) is 0 Å². The molecule has 118 valence electrons. The highest BCUT2D eigenvalue weighted by molar-refractivity contribution is 6.32. The zero-order chi connectivity index (χ0) is 16.3. The SMILES string of the molecule is COc1cc(NC(=O)c2nnc(C(C)C)o2)c(OC)cc1Cl. The summed E-state index contributed by atoms with van der Waals surface area (Å²) in [6.07, 6.45) is 0. The minimum atomic E-state index is -0.540. The molecule has 0 unspecified atom stereocenters. The number of hydrogen-bond donors (Lipinski definition) is 1. The molecular formula is C14H16ClN3O4. The van der Waals surface area contributed by atoms with Crippen molar-refractivity contribution in [3.63, 3.8) is 0 Å². The van der Waals surface area contributed by atoms with Crippen LogP contribution < -0.4 is 14.8 Å². The predicted molar refractivity (Wildman–Crippen MR) is 80.9 cm³/mol. The van der Waals surface area contributed by atoms with Gasteiger partial charge in [-0.1, -0.05) is 25.4 Å². The normalized spacial score (nSPS) is 10.6. The van der Waals surface area contributed by atoms with Gasteiger partial charge in [-0.15, -0.1) is 10.2 Å². The quantitative estimate of drug-likeness (QED) is 0.909. The molecule has 0 saturated carbocycles. The Hall–Kier alpha value is -2.28. The number of halogens is 1. The Labute approximate surface area is 132 Å². The highest BCUT2D eigenvalue weighted by Crippen LogP contribution is 2.36. The molecule has 0 aliphatic heterocycles. The van der Waals surface area contributed by atoms with E-state index >= 15 is 0 Å². The molecule has 22 heavy (non-hydrogen) atoms. The third kappa shape index (κ3) is 3.30. The number of carbonyl (C=O) groups excluding carboxylic acids is 1. The minimum absolute atomic E-state index is 0.0409. The summed E-state index contributed by atoms with van der Waals surface area (Å²) in [5.74, 6) is 0.570. The Morgan fingerprint density at radius 1 is 1.23 bits per heavy atom. The van der Waals surface area contributed by atoms with E-state index in [1.165, 1.54) is 14.2 Å². The molecule has 1 aromatic carbocycles. The number of amides is 1. The third-order valence-corrected chi connectivity index (χ3v) is 3.15. The molecular weight excluding hydrogens is 310 g/mol. The smallest absolute Gasteiger partial charge is 0.313 e. The van der Waals surface area contributed by atoms with E-state index in [0.29, 0.717) is 28.1 Å². The molecule has 0 fully saturated rings. The van der Waals surface area contributed by atoms with Gasteiger partial charge in [0, 0.05) is 18.1 Å². The maximum atomic E-state index is 12.2. The van der Waals surface area contributed by atoms with Crippen molar-refractivity contribution in [1.82, 2.24) is 10.2 Å². The van der Waals surface area contributed by atoms with Crippen LogP contribution in [0.1, 0.15) is 36.3 Å². The predicted octanol–water partition coefficient (Wildman–Crippen LogP) is 3.12. The molecule has 0 aliphatic carbocycles. The van der Waals surface area contributed by atoms with Crippen molar-refractivity contribution in [1.29, 1.82) is 0 Å². The van der Waals surface area contributed by atoms with Gasteiger partial charge in [0.25, 0.3) is 0 Å². The van der Waals surface area contributed by atoms with Crippen molar-refractivity contribution in [2.24, 2.45) is 0 Å². The number of carbonyl (C=O) groups is 1. The largest absolute Gasteiger partial charge is 0.495 e. The van der Waals surface area contributed by atoms with Gasteiger partial charge in [-0.25, -0.2) is 0 Å². The lowest BCUT2D eigenvalue weighted by atomic mass is 10.2. The fourth-order valence-electron chi connectivity index (χ4n) is 1.69. The third-order valence-electron chi connectivity index (χ3n) is 2.85. The second-order valence-electron chi connectivity index (χ2n) is 4.74. The molecule has 0 radical (unpaired) electrons. The van der Waals surface area contributed by atoms with Crippen LogP contribution in [0.3, 0.4) is 0 Å². The summed E-state index contributed by atoms with van der Waals surface area (Å²) in [6.45, 7) is 3.78. The van der Waals surface area contributed by atoms with Crippen LogP contribution in [0.5, 0.6) is 11.5 Å². The number of aromatic nitrogens is 2. The number of ether oxygens (including phenoxy) is 2. The molecule has 0 saturated heterocycles. The molecule has 0 atom stereocenters. The average Bonchev–Trinajstić information content (AvgIpc) is 2.98. The molecule has 0 spiro atoms. The van der Waals surface area contributed by atoms with Crippen molar-refractivity contribution in [3.05, 3.63) is 28.9 Å². The van der Waals surface area contributed by atoms with Gasteiger partial charge in [0.2, 0.25) is 5.89 Å². The Morgan fingerprint density at radius 3 is 2.45 bits per heavy atom. The molecule has 1 heterocycles. The summed E-state index contributed by atoms with van der Waals surface area (Å²) >= 11 is 6.01. The first-order chi connectivity index (χ1) is 10.5. The molecule has 1 amide bonds. The second kappa shape index (κ2) is 6.65. The topological polar surface area (TPSA) is 86.5 Å². The van der Waals surface area contributed by atoms with E-state index < -0.39 is 5.91 Å². The van der Waals surface area contributed by atoms with E-state index in [0.717, 1.165) is 0 Å². The molecule has 0 aliphatic rings. The minimum Gasteiger partial charge on any atom is -0.495 e. The highest BCUT2D eigenvalue weighted by atomic mass is 35.5. The lowest BCUT2D eigenvalue weighted by molar-refractivity contribution is 0.0987. The summed E-state index contributed by atoms with van der Waals surface area (Å²) in [6, 6.07) is 3.10. The van der Waals surface area contributed by atoms with Gasteiger partial charge >= 0.3 is 11.8 Å². The van der Waals surface area contributed by atoms with E-state index in [2.05, 4.69) is 15.5 Å². The summed E-state index contributed by atoms with van der Waals surface area (Å²) < 4.78 is 15.6. The number of anilines is 1. The van der Waals surface area contributed by atoms with E-state index in [1.807, 2.05) is 13.8 Å². The fourth-order valence-corrected chi connectivity index (χ4v) is 1.92. The van der Waals surface area contributed by atoms with E-state index in [9.17, 15) is 4.79 Å². The van der Waals surface area contributed by atoms with Gasteiger partial charge in [0.1, 0.15) is 11.5 Å². The van der Waals surface area contributed by atoms with Crippen molar-refractivity contribution in [2.75, 3.05) is 19.5 Å². The van der Waals surface area contributed by atoms with Crippen LogP contribution in [0.4, 0.5) is 5.69 Å². The summed E-state index contributed by atoms with van der Waals surface area (Å²) in [4.78, 5) is 12.2. The van der Waals surface area contributed by atoms with Gasteiger partial charge in [-0.2, -0.15) is 0 Å². The monoisotopic (exact) mass is 325 g/mol. The first-order valence-corrected chi connectivity index (χ1v) is 6.90. The number of rotatable bonds is 5. The van der Waals surface area contributed by atoms with Crippen LogP contribution >= 0.6 is 11.6 Å². The Kier molecular flexibility index (Phi) is 4.87. The van der Waals surface area contributed by atoms with Crippen molar-refractivity contribution < 1.29 is 18.7 Å². The van der Waals surface area contributed by atoms with Crippen LogP contribution in [0.2, 0.25) is 5.02 Å². The van der Waals surface area contributed by atoms with E-state index in [-0.39, 0.29) is 11.8 Å². The zero-order valence-corrected chi connectivity index (χ0v) is 13.4. The molecule has 1 aromatic heterocycles. The highest BCUT2D eigenvalue weighted by Gasteiger charge is 2.19. The standard InChI is InChI=1S/C14H16ClN3O4/c1-7(2)13-17-18-14(22-13)12(19)16-9-6-10(20-3)8(15)5-11(9)21-4/h5-7H,1-4H3,(H,16,19). The lowest BCUT2D eigenvalue weighted by Crippen LogP contribution is -2.13. The van der Waals surface area contributed by atoms with Crippen LogP contribution in [0.25, 0.3) is 0 Å². The van der Waals surface area contributed by atoms with Crippen LogP contribution in [-0.4, -0.2) is 30.3 Å². The first-order valence-electron chi connectivity index (χ1n) is 6.52. The first kappa shape index (κ1) is 16.1. The summed E-state index contributed by atoms with van der Waals surface area (Å²) in [7, 11) is 2.95. The van der Waals surface area contributed by atoms with Crippen LogP contribution in [0, 0.1) is 0 Å². The van der Waals surface area contributed by atoms with Gasteiger partial charge in [0.05, 0.1) is 24.9 Å². The van der Waals surface area contributed by atoms with Crippen LogP contribution in [-0.2, 0) is 0 Å². The molecule has 0 bridgehead atoms. The van der Waals surface area contributed by atoms with Crippen molar-refractivity contribution in [3.8, 4) is 11.5 Å². The number of benzene rings is 1. The van der Waals surface area contributed by atoms with Crippen molar-refractivity contribution >= 4 is 23.2 Å². The maximum absolute atomic E-state index is 12.2. The van der Waals surface area contributed by atoms with Gasteiger partial charge < -0.3 is 19.2 Å². The van der Waals surface area contributed by atoms with Crippen molar-refractivity contribution in [2.45, 2.75) is 19.8 Å². The number of nitrogens with one attached hydrogen (secondary N) is 1. The number of methoxy groups -OCH3 is 2. The molecule has 8 heteroatoms. The Bertz CT molecular complexity index is 685.